The van der Waals surface area contributed by atoms with Gasteiger partial charge in [0, 0.05) is 17.7 Å². The third-order valence-corrected chi connectivity index (χ3v) is 4.29. The van der Waals surface area contributed by atoms with E-state index in [1.54, 1.807) is 0 Å². The van der Waals surface area contributed by atoms with Crippen molar-refractivity contribution in [3.63, 3.8) is 0 Å². The van der Waals surface area contributed by atoms with Crippen molar-refractivity contribution in [1.82, 2.24) is 15.0 Å². The Hall–Kier alpha value is -1.92. The molecular weight excluding hydrogens is 316 g/mol. The molecule has 2 N–H and O–H groups in total. The molecule has 6 nitrogen and oxygen atoms in total. The largest absolute Gasteiger partial charge is 0.492 e. The maximum Gasteiger partial charge on any atom is 0.119 e. The molecule has 0 saturated carbocycles. The predicted molar refractivity (Wildman–Crippen MR) is 97.5 cm³/mol. The first-order valence-corrected chi connectivity index (χ1v) is 8.95. The summed E-state index contributed by atoms with van der Waals surface area (Å²) in [7, 11) is 0. The summed E-state index contributed by atoms with van der Waals surface area (Å²) in [6.07, 6.45) is 5.72. The molecule has 2 aromatic rings. The lowest BCUT2D eigenvalue weighted by Crippen LogP contribution is -2.38. The van der Waals surface area contributed by atoms with Crippen molar-refractivity contribution in [3.8, 4) is 17.0 Å². The van der Waals surface area contributed by atoms with Crippen LogP contribution in [0.2, 0.25) is 0 Å². The molecule has 1 unspecified atom stereocenters. The van der Waals surface area contributed by atoms with Gasteiger partial charge in [0.2, 0.25) is 0 Å². The molecule has 0 radical (unpaired) electrons. The van der Waals surface area contributed by atoms with Crippen molar-refractivity contribution in [2.24, 2.45) is 5.73 Å². The van der Waals surface area contributed by atoms with Gasteiger partial charge in [0.05, 0.1) is 18.8 Å². The fraction of sp³-hybridized carbons (Fsp3) is 0.579. The summed E-state index contributed by atoms with van der Waals surface area (Å²) in [5.41, 5.74) is 8.66. The summed E-state index contributed by atoms with van der Waals surface area (Å²) in [6, 6.07) is 6.00. The molecule has 1 atom stereocenters. The Labute approximate surface area is 149 Å². The SMILES string of the molecule is Cc1cc(OCC(C)(C)N)ccc1-c1cn(CC2CCCCO2)nn1. The fourth-order valence-corrected chi connectivity index (χ4v) is 2.95. The zero-order valence-electron chi connectivity index (χ0n) is 15.4. The van der Waals surface area contributed by atoms with Crippen LogP contribution in [0, 0.1) is 6.92 Å². The van der Waals surface area contributed by atoms with Crippen LogP contribution in [-0.4, -0.2) is 39.9 Å². The highest BCUT2D eigenvalue weighted by Crippen LogP contribution is 2.26. The molecule has 1 aliphatic heterocycles. The Morgan fingerprint density at radius 3 is 2.88 bits per heavy atom. The van der Waals surface area contributed by atoms with Gasteiger partial charge in [0.25, 0.3) is 0 Å². The Bertz CT molecular complexity index is 700. The molecule has 136 valence electrons. The first-order valence-electron chi connectivity index (χ1n) is 8.95. The van der Waals surface area contributed by atoms with Gasteiger partial charge in [-0.25, -0.2) is 4.68 Å². The second kappa shape index (κ2) is 7.54. The van der Waals surface area contributed by atoms with Crippen molar-refractivity contribution < 1.29 is 9.47 Å². The third kappa shape index (κ3) is 5.03. The zero-order valence-corrected chi connectivity index (χ0v) is 15.4. The number of nitrogens with two attached hydrogens (primary N) is 1. The monoisotopic (exact) mass is 344 g/mol. The predicted octanol–water partition coefficient (Wildman–Crippen LogP) is 2.94. The van der Waals surface area contributed by atoms with Gasteiger partial charge in [0.1, 0.15) is 18.1 Å². The number of aromatic nitrogens is 3. The minimum Gasteiger partial charge on any atom is -0.492 e. The molecule has 1 aromatic heterocycles. The first-order chi connectivity index (χ1) is 11.9. The van der Waals surface area contributed by atoms with Crippen LogP contribution in [0.1, 0.15) is 38.7 Å². The summed E-state index contributed by atoms with van der Waals surface area (Å²) >= 11 is 0. The lowest BCUT2D eigenvalue weighted by Gasteiger charge is -2.21. The average Bonchev–Trinajstić information content (AvgIpc) is 3.01. The van der Waals surface area contributed by atoms with Crippen molar-refractivity contribution in [2.75, 3.05) is 13.2 Å². The summed E-state index contributed by atoms with van der Waals surface area (Å²) in [6.45, 7) is 8.04. The van der Waals surface area contributed by atoms with Gasteiger partial charge in [-0.05, 0) is 63.8 Å². The fourth-order valence-electron chi connectivity index (χ4n) is 2.95. The van der Waals surface area contributed by atoms with Crippen LogP contribution in [0.5, 0.6) is 5.75 Å². The molecule has 0 amide bonds. The summed E-state index contributed by atoms with van der Waals surface area (Å²) in [5, 5.41) is 8.58. The molecule has 6 heteroatoms. The molecule has 1 saturated heterocycles. The smallest absolute Gasteiger partial charge is 0.119 e. The standard InChI is InChI=1S/C19H28N4O2/c1-14-10-15(25-13-19(2,3)20)7-8-17(14)18-12-23(22-21-18)11-16-6-4-5-9-24-16/h7-8,10,12,16H,4-6,9,11,13,20H2,1-3H3. The number of nitrogens with zero attached hydrogens (tertiary/aromatic N) is 3. The second-order valence-electron chi connectivity index (χ2n) is 7.57. The van der Waals surface area contributed by atoms with Gasteiger partial charge in [-0.1, -0.05) is 5.21 Å². The highest BCUT2D eigenvalue weighted by molar-refractivity contribution is 5.63. The minimum atomic E-state index is -0.351. The summed E-state index contributed by atoms with van der Waals surface area (Å²) in [5.74, 6) is 0.822. The number of hydrogen-bond donors (Lipinski definition) is 1. The molecule has 0 bridgehead atoms. The normalized spacial score (nSPS) is 18.3. The van der Waals surface area contributed by atoms with Crippen molar-refractivity contribution >= 4 is 0 Å². The number of hydrogen-bond acceptors (Lipinski definition) is 5. The number of benzene rings is 1. The van der Waals surface area contributed by atoms with Gasteiger partial charge < -0.3 is 15.2 Å². The van der Waals surface area contributed by atoms with Crippen LogP contribution in [-0.2, 0) is 11.3 Å². The lowest BCUT2D eigenvalue weighted by molar-refractivity contribution is 0.00370. The molecule has 25 heavy (non-hydrogen) atoms. The number of ether oxygens (including phenoxy) is 2. The van der Waals surface area contributed by atoms with E-state index < -0.39 is 0 Å². The highest BCUT2D eigenvalue weighted by Gasteiger charge is 2.16. The van der Waals surface area contributed by atoms with Crippen molar-refractivity contribution in [3.05, 3.63) is 30.0 Å². The average molecular weight is 344 g/mol. The van der Waals surface area contributed by atoms with E-state index in [-0.39, 0.29) is 11.6 Å². The van der Waals surface area contributed by atoms with Crippen molar-refractivity contribution in [2.45, 2.75) is 58.2 Å². The minimum absolute atomic E-state index is 0.250. The van der Waals surface area contributed by atoms with E-state index in [9.17, 15) is 0 Å². The van der Waals surface area contributed by atoms with E-state index >= 15 is 0 Å². The first kappa shape index (κ1) is 17.9. The highest BCUT2D eigenvalue weighted by atomic mass is 16.5. The van der Waals surface area contributed by atoms with E-state index in [1.807, 2.05) is 42.9 Å². The molecule has 2 heterocycles. The summed E-state index contributed by atoms with van der Waals surface area (Å²) < 4.78 is 13.4. The van der Waals surface area contributed by atoms with Gasteiger partial charge in [-0.3, -0.25) is 0 Å². The van der Waals surface area contributed by atoms with E-state index in [0.717, 1.165) is 48.6 Å². The van der Waals surface area contributed by atoms with Crippen LogP contribution < -0.4 is 10.5 Å². The molecule has 1 aliphatic rings. The van der Waals surface area contributed by atoms with Crippen LogP contribution in [0.4, 0.5) is 0 Å². The molecule has 1 aromatic carbocycles. The molecule has 0 spiro atoms. The molecular formula is C19H28N4O2. The lowest BCUT2D eigenvalue weighted by atomic mass is 10.1. The van der Waals surface area contributed by atoms with Crippen LogP contribution in [0.15, 0.2) is 24.4 Å². The van der Waals surface area contributed by atoms with E-state index in [4.69, 9.17) is 15.2 Å². The Kier molecular flexibility index (Phi) is 5.39. The van der Waals surface area contributed by atoms with E-state index in [2.05, 4.69) is 17.2 Å². The maximum absolute atomic E-state index is 5.97. The summed E-state index contributed by atoms with van der Waals surface area (Å²) in [4.78, 5) is 0. The van der Waals surface area contributed by atoms with E-state index in [1.165, 1.54) is 6.42 Å². The quantitative estimate of drug-likeness (QED) is 0.872. The number of aryl methyl sites for hydroxylation is 1. The van der Waals surface area contributed by atoms with E-state index in [0.29, 0.717) is 6.61 Å². The molecule has 0 aliphatic carbocycles. The molecule has 1 fully saturated rings. The van der Waals surface area contributed by atoms with Gasteiger partial charge >= 0.3 is 0 Å². The Morgan fingerprint density at radius 1 is 1.36 bits per heavy atom. The molecule has 3 rings (SSSR count). The van der Waals surface area contributed by atoms with Gasteiger partial charge in [0.15, 0.2) is 0 Å². The van der Waals surface area contributed by atoms with Crippen molar-refractivity contribution in [1.29, 1.82) is 0 Å². The number of rotatable bonds is 6. The topological polar surface area (TPSA) is 75.2 Å². The Morgan fingerprint density at radius 2 is 2.20 bits per heavy atom. The Balaban J connectivity index is 1.67. The van der Waals surface area contributed by atoms with Crippen LogP contribution >= 0.6 is 0 Å². The second-order valence-corrected chi connectivity index (χ2v) is 7.57. The third-order valence-electron chi connectivity index (χ3n) is 4.29. The van der Waals surface area contributed by atoms with Gasteiger partial charge in [-0.2, -0.15) is 0 Å². The maximum atomic E-state index is 5.97. The van der Waals surface area contributed by atoms with Gasteiger partial charge in [-0.15, -0.1) is 5.10 Å². The van der Waals surface area contributed by atoms with Crippen LogP contribution in [0.25, 0.3) is 11.3 Å². The zero-order chi connectivity index (χ0) is 17.9. The van der Waals surface area contributed by atoms with Crippen LogP contribution in [0.3, 0.4) is 0 Å².